The molecule has 1 amide bonds. The quantitative estimate of drug-likeness (QED) is 0.514. The van der Waals surface area contributed by atoms with Crippen LogP contribution in [0.1, 0.15) is 31.4 Å². The molecule has 2 rings (SSSR count). The molecule has 0 spiro atoms. The first kappa shape index (κ1) is 21.3. The molecule has 0 radical (unpaired) electrons. The number of carbonyl (C=O) groups is 1. The SMILES string of the molecule is CCC(C)Oc1c(Cl)cc(C=C(C#N)C(=O)NCc2ccccc2)cc1OC. The first-order valence-electron chi connectivity index (χ1n) is 8.96. The molecule has 146 valence electrons. The predicted octanol–water partition coefficient (Wildman–Crippen LogP) is 4.75. The topological polar surface area (TPSA) is 71.3 Å². The highest BCUT2D eigenvalue weighted by Crippen LogP contribution is 2.37. The van der Waals surface area contributed by atoms with Crippen molar-refractivity contribution in [2.45, 2.75) is 32.9 Å². The Morgan fingerprint density at radius 1 is 1.32 bits per heavy atom. The Morgan fingerprint density at radius 2 is 2.04 bits per heavy atom. The van der Waals surface area contributed by atoms with Crippen LogP contribution in [-0.2, 0) is 11.3 Å². The molecule has 1 atom stereocenters. The number of rotatable bonds is 8. The van der Waals surface area contributed by atoms with Gasteiger partial charge in [-0.15, -0.1) is 0 Å². The minimum absolute atomic E-state index is 0.0220. The van der Waals surface area contributed by atoms with E-state index in [1.54, 1.807) is 12.1 Å². The highest BCUT2D eigenvalue weighted by Gasteiger charge is 2.15. The van der Waals surface area contributed by atoms with Crippen molar-refractivity contribution in [2.75, 3.05) is 7.11 Å². The summed E-state index contributed by atoms with van der Waals surface area (Å²) in [6, 6.07) is 14.7. The Hall–Kier alpha value is -2.97. The smallest absolute Gasteiger partial charge is 0.262 e. The maximum Gasteiger partial charge on any atom is 0.262 e. The third-order valence-corrected chi connectivity index (χ3v) is 4.40. The van der Waals surface area contributed by atoms with Crippen molar-refractivity contribution in [1.82, 2.24) is 5.32 Å². The summed E-state index contributed by atoms with van der Waals surface area (Å²) in [6.45, 7) is 4.29. The Kier molecular flexibility index (Phi) is 7.91. The van der Waals surface area contributed by atoms with Crippen LogP contribution in [0.3, 0.4) is 0 Å². The zero-order valence-electron chi connectivity index (χ0n) is 16.2. The van der Waals surface area contributed by atoms with Crippen LogP contribution in [0.5, 0.6) is 11.5 Å². The van der Waals surface area contributed by atoms with Gasteiger partial charge in [-0.25, -0.2) is 0 Å². The van der Waals surface area contributed by atoms with E-state index < -0.39 is 5.91 Å². The van der Waals surface area contributed by atoms with Gasteiger partial charge in [0, 0.05) is 6.54 Å². The number of hydrogen-bond donors (Lipinski definition) is 1. The van der Waals surface area contributed by atoms with Gasteiger partial charge in [-0.2, -0.15) is 5.26 Å². The van der Waals surface area contributed by atoms with Crippen molar-refractivity contribution < 1.29 is 14.3 Å². The Labute approximate surface area is 170 Å². The second-order valence-corrected chi connectivity index (χ2v) is 6.62. The van der Waals surface area contributed by atoms with E-state index in [0.29, 0.717) is 28.6 Å². The summed E-state index contributed by atoms with van der Waals surface area (Å²) in [4.78, 5) is 12.4. The summed E-state index contributed by atoms with van der Waals surface area (Å²) in [5.74, 6) is 0.435. The number of ether oxygens (including phenoxy) is 2. The summed E-state index contributed by atoms with van der Waals surface area (Å²) in [5.41, 5.74) is 1.50. The number of nitrogens with zero attached hydrogens (tertiary/aromatic N) is 1. The lowest BCUT2D eigenvalue weighted by molar-refractivity contribution is -0.117. The molecule has 0 fully saturated rings. The normalized spacial score (nSPS) is 12.0. The summed E-state index contributed by atoms with van der Waals surface area (Å²) >= 11 is 6.34. The molecule has 0 aromatic heterocycles. The zero-order valence-corrected chi connectivity index (χ0v) is 16.9. The van der Waals surface area contributed by atoms with Crippen molar-refractivity contribution in [3.05, 3.63) is 64.2 Å². The molecule has 2 aromatic carbocycles. The summed E-state index contributed by atoms with van der Waals surface area (Å²) in [6.07, 6.45) is 2.27. The Bertz CT molecular complexity index is 889. The van der Waals surface area contributed by atoms with Gasteiger partial charge in [-0.05, 0) is 42.7 Å². The maximum absolute atomic E-state index is 12.4. The molecule has 0 saturated carbocycles. The van der Waals surface area contributed by atoms with Crippen LogP contribution in [0.2, 0.25) is 5.02 Å². The van der Waals surface area contributed by atoms with Crippen molar-refractivity contribution in [1.29, 1.82) is 5.26 Å². The fourth-order valence-corrected chi connectivity index (χ4v) is 2.67. The summed E-state index contributed by atoms with van der Waals surface area (Å²) < 4.78 is 11.2. The van der Waals surface area contributed by atoms with Gasteiger partial charge in [0.05, 0.1) is 18.2 Å². The largest absolute Gasteiger partial charge is 0.493 e. The fourth-order valence-electron chi connectivity index (χ4n) is 2.41. The number of benzene rings is 2. The van der Waals surface area contributed by atoms with Crippen LogP contribution in [0.15, 0.2) is 48.0 Å². The molecule has 0 heterocycles. The summed E-state index contributed by atoms with van der Waals surface area (Å²) in [7, 11) is 1.51. The molecule has 0 aliphatic heterocycles. The van der Waals surface area contributed by atoms with Gasteiger partial charge in [0.25, 0.3) is 5.91 Å². The molecule has 1 N–H and O–H groups in total. The predicted molar refractivity (Wildman–Crippen MR) is 110 cm³/mol. The van der Waals surface area contributed by atoms with Crippen LogP contribution in [0.4, 0.5) is 0 Å². The van der Waals surface area contributed by atoms with Gasteiger partial charge in [0.15, 0.2) is 11.5 Å². The second-order valence-electron chi connectivity index (χ2n) is 6.21. The number of hydrogen-bond acceptors (Lipinski definition) is 4. The number of nitriles is 1. The van der Waals surface area contributed by atoms with Crippen LogP contribution in [0, 0.1) is 11.3 Å². The van der Waals surface area contributed by atoms with Gasteiger partial charge >= 0.3 is 0 Å². The first-order chi connectivity index (χ1) is 13.5. The molecule has 2 aromatic rings. The van der Waals surface area contributed by atoms with Gasteiger partial charge in [0.2, 0.25) is 0 Å². The van der Waals surface area contributed by atoms with Crippen molar-refractivity contribution in [3.63, 3.8) is 0 Å². The van der Waals surface area contributed by atoms with Crippen molar-refractivity contribution >= 4 is 23.6 Å². The first-order valence-corrected chi connectivity index (χ1v) is 9.34. The average Bonchev–Trinajstić information content (AvgIpc) is 2.72. The molecule has 0 bridgehead atoms. The lowest BCUT2D eigenvalue weighted by Crippen LogP contribution is -2.23. The highest BCUT2D eigenvalue weighted by atomic mass is 35.5. The van der Waals surface area contributed by atoms with Crippen LogP contribution < -0.4 is 14.8 Å². The minimum Gasteiger partial charge on any atom is -0.493 e. The minimum atomic E-state index is -0.457. The number of methoxy groups -OCH3 is 1. The van der Waals surface area contributed by atoms with Gasteiger partial charge in [-0.3, -0.25) is 4.79 Å². The molecule has 0 aliphatic carbocycles. The molecular formula is C22H23ClN2O3. The lowest BCUT2D eigenvalue weighted by Gasteiger charge is -2.17. The monoisotopic (exact) mass is 398 g/mol. The highest BCUT2D eigenvalue weighted by molar-refractivity contribution is 6.32. The fraction of sp³-hybridized carbons (Fsp3) is 0.273. The summed E-state index contributed by atoms with van der Waals surface area (Å²) in [5, 5.41) is 12.5. The molecule has 6 heteroatoms. The van der Waals surface area contributed by atoms with Crippen molar-refractivity contribution in [2.24, 2.45) is 0 Å². The average molecular weight is 399 g/mol. The van der Waals surface area contributed by atoms with E-state index in [0.717, 1.165) is 12.0 Å². The molecule has 28 heavy (non-hydrogen) atoms. The third kappa shape index (κ3) is 5.77. The maximum atomic E-state index is 12.4. The van der Waals surface area contributed by atoms with E-state index in [2.05, 4.69) is 5.32 Å². The third-order valence-electron chi connectivity index (χ3n) is 4.12. The van der Waals surface area contributed by atoms with Gasteiger partial charge in [0.1, 0.15) is 11.6 Å². The van der Waals surface area contributed by atoms with Crippen LogP contribution >= 0.6 is 11.6 Å². The second kappa shape index (κ2) is 10.4. The Morgan fingerprint density at radius 3 is 2.64 bits per heavy atom. The Balaban J connectivity index is 2.22. The van der Waals surface area contributed by atoms with Crippen LogP contribution in [-0.4, -0.2) is 19.1 Å². The van der Waals surface area contributed by atoms with E-state index in [9.17, 15) is 10.1 Å². The van der Waals surface area contributed by atoms with E-state index in [4.69, 9.17) is 21.1 Å². The van der Waals surface area contributed by atoms with E-state index in [1.165, 1.54) is 13.2 Å². The number of halogens is 1. The standard InChI is InChI=1S/C22H23ClN2O3/c1-4-15(2)28-21-19(23)11-17(12-20(21)27-3)10-18(13-24)22(26)25-14-16-8-6-5-7-9-16/h5-12,15H,4,14H2,1-3H3,(H,25,26). The molecular weight excluding hydrogens is 376 g/mol. The van der Waals surface area contributed by atoms with E-state index in [1.807, 2.05) is 50.2 Å². The molecule has 1 unspecified atom stereocenters. The van der Waals surface area contributed by atoms with Gasteiger partial charge in [-0.1, -0.05) is 48.9 Å². The molecule has 0 aliphatic rings. The number of amides is 1. The number of nitrogens with one attached hydrogen (secondary N) is 1. The molecule has 5 nitrogen and oxygen atoms in total. The lowest BCUT2D eigenvalue weighted by atomic mass is 10.1. The number of carbonyl (C=O) groups excluding carboxylic acids is 1. The van der Waals surface area contributed by atoms with Crippen molar-refractivity contribution in [3.8, 4) is 17.6 Å². The molecule has 0 saturated heterocycles. The van der Waals surface area contributed by atoms with Crippen LogP contribution in [0.25, 0.3) is 6.08 Å². The van der Waals surface area contributed by atoms with Gasteiger partial charge < -0.3 is 14.8 Å². The zero-order chi connectivity index (χ0) is 20.5. The van der Waals surface area contributed by atoms with E-state index >= 15 is 0 Å². The van der Waals surface area contributed by atoms with E-state index in [-0.39, 0.29) is 11.7 Å².